The van der Waals surface area contributed by atoms with Gasteiger partial charge in [0.25, 0.3) is 5.56 Å². The highest BCUT2D eigenvalue weighted by molar-refractivity contribution is 6.43. The summed E-state index contributed by atoms with van der Waals surface area (Å²) in [6.07, 6.45) is 13.4. The monoisotopic (exact) mass is 499 g/mol. The maximum absolute atomic E-state index is 13.1. The van der Waals surface area contributed by atoms with Crippen LogP contribution in [0.2, 0.25) is 0 Å². The van der Waals surface area contributed by atoms with Gasteiger partial charge in [-0.15, -0.1) is 10.1 Å². The van der Waals surface area contributed by atoms with Gasteiger partial charge in [0.1, 0.15) is 11.3 Å². The molecular weight excluding hydrogens is 456 g/mol. The number of unbranched alkanes of at least 4 members (excludes halogenated alkanes) is 10. The number of aromatic amines is 1. The van der Waals surface area contributed by atoms with Gasteiger partial charge >= 0.3 is 5.91 Å². The van der Waals surface area contributed by atoms with E-state index in [4.69, 9.17) is 0 Å². The highest BCUT2D eigenvalue weighted by atomic mass is 16.3. The van der Waals surface area contributed by atoms with Gasteiger partial charge in [-0.05, 0) is 19.8 Å². The molecule has 36 heavy (non-hydrogen) atoms. The first-order valence-corrected chi connectivity index (χ1v) is 13.8. The first-order chi connectivity index (χ1) is 17.3. The first-order valence-electron chi connectivity index (χ1n) is 13.8. The Hall–Kier alpha value is -2.90. The van der Waals surface area contributed by atoms with Crippen molar-refractivity contribution in [2.75, 3.05) is 6.54 Å². The van der Waals surface area contributed by atoms with Crippen molar-refractivity contribution in [1.29, 1.82) is 0 Å². The molecule has 1 aromatic heterocycles. The lowest BCUT2D eigenvalue weighted by atomic mass is 9.80. The molecule has 0 aromatic carbocycles. The summed E-state index contributed by atoms with van der Waals surface area (Å²) < 4.78 is 1.52. The number of aliphatic hydroxyl groups excluding tert-OH is 1. The lowest BCUT2D eigenvalue weighted by Crippen LogP contribution is -2.80. The minimum atomic E-state index is -0.454. The van der Waals surface area contributed by atoms with Gasteiger partial charge in [0.05, 0.1) is 23.3 Å². The van der Waals surface area contributed by atoms with Crippen LogP contribution in [0.5, 0.6) is 0 Å². The number of aryl methyl sites for hydroxylation is 2. The van der Waals surface area contributed by atoms with E-state index in [-0.39, 0.29) is 39.5 Å². The van der Waals surface area contributed by atoms with Crippen LogP contribution in [0.15, 0.2) is 21.7 Å². The molecule has 8 nitrogen and oxygen atoms in total. The van der Waals surface area contributed by atoms with E-state index in [0.29, 0.717) is 24.5 Å². The van der Waals surface area contributed by atoms with Crippen molar-refractivity contribution in [1.82, 2.24) is 14.8 Å². The Balaban J connectivity index is 1.70. The predicted octanol–water partition coefficient (Wildman–Crippen LogP) is 3.65. The molecule has 1 aliphatic heterocycles. The maximum atomic E-state index is 13.1. The minimum absolute atomic E-state index is 0.00733. The number of hydrazine groups is 1. The van der Waals surface area contributed by atoms with E-state index in [0.717, 1.165) is 38.5 Å². The molecule has 8 heteroatoms. The van der Waals surface area contributed by atoms with Gasteiger partial charge in [-0.2, -0.15) is 0 Å². The molecular formula is C28H43N4O4+. The highest BCUT2D eigenvalue weighted by Gasteiger charge is 2.46. The number of carbonyl (C=O) groups is 2. The number of aliphatic hydroxyl groups is 1. The summed E-state index contributed by atoms with van der Waals surface area (Å²) in [6.45, 7) is 8.92. The zero-order valence-corrected chi connectivity index (χ0v) is 22.5. The molecule has 0 radical (unpaired) electrons. The average molecular weight is 500 g/mol. The summed E-state index contributed by atoms with van der Waals surface area (Å²) in [5, 5.41) is 18.5. The molecule has 0 unspecified atom stereocenters. The molecule has 1 amide bonds. The largest absolute Gasteiger partial charge is 0.506 e. The van der Waals surface area contributed by atoms with Gasteiger partial charge < -0.3 is 5.11 Å². The van der Waals surface area contributed by atoms with E-state index in [1.54, 1.807) is 13.8 Å². The molecule has 0 fully saturated rings. The van der Waals surface area contributed by atoms with Crippen LogP contribution in [-0.2, 0) is 16.1 Å². The van der Waals surface area contributed by atoms with Crippen LogP contribution in [0, 0.1) is 6.92 Å². The second-order valence-electron chi connectivity index (χ2n) is 10.1. The molecule has 198 valence electrons. The lowest BCUT2D eigenvalue weighted by molar-refractivity contribution is -0.616. The van der Waals surface area contributed by atoms with E-state index in [1.165, 1.54) is 48.2 Å². The van der Waals surface area contributed by atoms with Crippen LogP contribution in [0.1, 0.15) is 109 Å². The molecule has 2 aliphatic rings. The first kappa shape index (κ1) is 27.7. The zero-order chi connectivity index (χ0) is 26.2. The molecule has 1 aliphatic carbocycles. The smallest absolute Gasteiger partial charge is 0.315 e. The molecule has 3 N–H and O–H groups in total. The second-order valence-corrected chi connectivity index (χ2v) is 10.1. The Kier molecular flexibility index (Phi) is 9.90. The van der Waals surface area contributed by atoms with E-state index >= 15 is 0 Å². The molecule has 3 rings (SSSR count). The molecule has 0 saturated heterocycles. The summed E-state index contributed by atoms with van der Waals surface area (Å²) in [6, 6.07) is 0. The number of carbonyl (C=O) groups excluding carboxylic acids is 2. The van der Waals surface area contributed by atoms with Gasteiger partial charge in [0, 0.05) is 19.2 Å². The number of rotatable bonds is 15. The normalized spacial score (nSPS) is 17.9. The van der Waals surface area contributed by atoms with Crippen LogP contribution < -0.4 is 10.7 Å². The number of hydrogen-bond donors (Lipinski definition) is 3. The third kappa shape index (κ3) is 5.90. The van der Waals surface area contributed by atoms with Crippen molar-refractivity contribution in [2.24, 2.45) is 0 Å². The number of hydrazone groups is 1. The fourth-order valence-electron chi connectivity index (χ4n) is 5.08. The van der Waals surface area contributed by atoms with Crippen LogP contribution in [0.25, 0.3) is 5.57 Å². The lowest BCUT2D eigenvalue weighted by Gasteiger charge is -2.21. The number of Topliss-reactive ketones (excluding diaryl/α,β-unsaturated/α-hetero) is 1. The van der Waals surface area contributed by atoms with Crippen molar-refractivity contribution < 1.29 is 19.8 Å². The van der Waals surface area contributed by atoms with Crippen LogP contribution in [-0.4, -0.2) is 43.8 Å². The van der Waals surface area contributed by atoms with Gasteiger partial charge in [-0.3, -0.25) is 24.2 Å². The van der Waals surface area contributed by atoms with E-state index in [9.17, 15) is 19.5 Å². The maximum Gasteiger partial charge on any atom is 0.315 e. The van der Waals surface area contributed by atoms with Gasteiger partial charge in [-0.25, -0.2) is 0 Å². The Labute approximate surface area is 214 Å². The number of ketones is 1. The molecule has 1 aromatic rings. The fraction of sp³-hybridized carbons (Fsp3) is 0.643. The van der Waals surface area contributed by atoms with Crippen molar-refractivity contribution in [3.63, 3.8) is 0 Å². The average Bonchev–Trinajstić information content (AvgIpc) is 3.28. The summed E-state index contributed by atoms with van der Waals surface area (Å²) in [4.78, 5) is 39.2. The quantitative estimate of drug-likeness (QED) is 0.253. The summed E-state index contributed by atoms with van der Waals surface area (Å²) in [5.74, 6) is -1.03. The SMILES string of the molecule is CCCCCCCCN1[NH+]=C(C)/C(=C2/C(=O)C(c3c(C)[nH]n(CCCCCCCC)c3=O)=C2O)C1=O. The van der Waals surface area contributed by atoms with Crippen molar-refractivity contribution in [3.05, 3.63) is 38.5 Å². The van der Waals surface area contributed by atoms with Crippen molar-refractivity contribution >= 4 is 23.0 Å². The number of amides is 1. The number of allylic oxidation sites excluding steroid dienone is 2. The molecule has 0 spiro atoms. The number of nitrogens with zero attached hydrogens (tertiary/aromatic N) is 2. The van der Waals surface area contributed by atoms with Crippen molar-refractivity contribution in [2.45, 2.75) is 111 Å². The Morgan fingerprint density at radius 2 is 1.31 bits per heavy atom. The summed E-state index contributed by atoms with van der Waals surface area (Å²) >= 11 is 0. The molecule has 0 saturated carbocycles. The van der Waals surface area contributed by atoms with Crippen molar-refractivity contribution in [3.8, 4) is 0 Å². The fourth-order valence-corrected chi connectivity index (χ4v) is 5.08. The standard InChI is InChI=1S/C28H42N4O4/c1-5-7-9-11-13-15-17-31-27(35)21(19(3)29-31)23-25(33)24(26(23)34)22-20(4)30-32(28(22)36)18-16-14-12-10-8-6-2/h29,33H,5-18H2,1-4H3/p+1/b24-22-. The third-order valence-electron chi connectivity index (χ3n) is 7.17. The summed E-state index contributed by atoms with van der Waals surface area (Å²) in [5.41, 5.74) is 1.21. The van der Waals surface area contributed by atoms with Crippen LogP contribution in [0.3, 0.4) is 0 Å². The van der Waals surface area contributed by atoms with Gasteiger partial charge in [-0.1, -0.05) is 78.1 Å². The highest BCUT2D eigenvalue weighted by Crippen LogP contribution is 2.38. The molecule has 2 heterocycles. The van der Waals surface area contributed by atoms with Crippen LogP contribution >= 0.6 is 0 Å². The van der Waals surface area contributed by atoms with Gasteiger partial charge in [0.15, 0.2) is 0 Å². The topological polar surface area (TPSA) is 109 Å². The minimum Gasteiger partial charge on any atom is -0.506 e. The second kappa shape index (κ2) is 12.9. The number of hydrogen-bond acceptors (Lipinski definition) is 4. The number of nitrogens with one attached hydrogen (secondary N) is 2. The summed E-state index contributed by atoms with van der Waals surface area (Å²) in [7, 11) is 0. The number of H-pyrrole nitrogens is 1. The predicted molar refractivity (Wildman–Crippen MR) is 141 cm³/mol. The molecule has 0 atom stereocenters. The van der Waals surface area contributed by atoms with Crippen LogP contribution in [0.4, 0.5) is 0 Å². The van der Waals surface area contributed by atoms with E-state index < -0.39 is 5.78 Å². The zero-order valence-electron chi connectivity index (χ0n) is 22.5. The molecule has 0 bridgehead atoms. The third-order valence-corrected chi connectivity index (χ3v) is 7.17. The Morgan fingerprint density at radius 3 is 1.89 bits per heavy atom. The van der Waals surface area contributed by atoms with Gasteiger partial charge in [0.2, 0.25) is 11.5 Å². The van der Waals surface area contributed by atoms with E-state index in [2.05, 4.69) is 24.0 Å². The Morgan fingerprint density at radius 1 is 0.750 bits per heavy atom. The van der Waals surface area contributed by atoms with E-state index in [1.807, 2.05) is 0 Å². The number of aromatic nitrogens is 2. The Bertz CT molecular complexity index is 1120.